The van der Waals surface area contributed by atoms with Crippen molar-refractivity contribution < 1.29 is 27.5 Å². The molecule has 4 aromatic rings. The molecule has 0 aliphatic heterocycles. The van der Waals surface area contributed by atoms with Crippen molar-refractivity contribution in [2.45, 2.75) is 6.18 Å². The first kappa shape index (κ1) is 23.1. The van der Waals surface area contributed by atoms with Gasteiger partial charge in [0.2, 0.25) is 0 Å². The number of hydrogen-bond acceptors (Lipinski definition) is 3. The van der Waals surface area contributed by atoms with Crippen molar-refractivity contribution in [2.24, 2.45) is 0 Å². The van der Waals surface area contributed by atoms with Gasteiger partial charge in [0, 0.05) is 11.1 Å². The monoisotopic (exact) mass is 484 g/mol. The zero-order valence-electron chi connectivity index (χ0n) is 17.3. The molecule has 0 aromatic heterocycles. The van der Waals surface area contributed by atoms with E-state index in [0.29, 0.717) is 16.6 Å². The molecular formula is C25H16ClF3N2O3. The quantitative estimate of drug-likeness (QED) is 0.234. The maximum absolute atomic E-state index is 13.1. The van der Waals surface area contributed by atoms with Gasteiger partial charge in [0.25, 0.3) is 0 Å². The molecule has 0 saturated heterocycles. The molecule has 9 heteroatoms. The van der Waals surface area contributed by atoms with E-state index in [0.717, 1.165) is 17.5 Å². The van der Waals surface area contributed by atoms with Gasteiger partial charge in [-0.25, -0.2) is 9.59 Å². The minimum Gasteiger partial charge on any atom is -0.423 e. The van der Waals surface area contributed by atoms with Crippen LogP contribution >= 0.6 is 11.6 Å². The van der Waals surface area contributed by atoms with Crippen molar-refractivity contribution >= 4 is 45.7 Å². The number of anilines is 2. The Bertz CT molecular complexity index is 1380. The van der Waals surface area contributed by atoms with Crippen LogP contribution in [0.2, 0.25) is 5.02 Å². The summed E-state index contributed by atoms with van der Waals surface area (Å²) in [4.78, 5) is 24.8. The van der Waals surface area contributed by atoms with Crippen molar-refractivity contribution in [3.05, 3.63) is 101 Å². The second kappa shape index (κ2) is 9.44. The van der Waals surface area contributed by atoms with Gasteiger partial charge in [-0.2, -0.15) is 13.2 Å². The Labute approximate surface area is 197 Å². The topological polar surface area (TPSA) is 67.4 Å². The van der Waals surface area contributed by atoms with Gasteiger partial charge in [0.15, 0.2) is 0 Å². The second-order valence-corrected chi connectivity index (χ2v) is 7.62. The molecule has 0 spiro atoms. The molecule has 0 unspecified atom stereocenters. The molecule has 4 rings (SSSR count). The zero-order chi connectivity index (χ0) is 24.3. The number of benzene rings is 4. The van der Waals surface area contributed by atoms with Gasteiger partial charge in [-0.15, -0.1) is 0 Å². The minimum absolute atomic E-state index is 0.0769. The summed E-state index contributed by atoms with van der Waals surface area (Å²) in [6, 6.07) is 20.9. The van der Waals surface area contributed by atoms with Crippen LogP contribution < -0.4 is 15.4 Å². The maximum Gasteiger partial charge on any atom is 0.417 e. The molecule has 0 heterocycles. The number of ether oxygens (including phenoxy) is 1. The summed E-state index contributed by atoms with van der Waals surface area (Å²) in [5, 5.41) is 5.84. The van der Waals surface area contributed by atoms with Gasteiger partial charge in [0.1, 0.15) is 5.75 Å². The highest BCUT2D eigenvalue weighted by atomic mass is 35.5. The first-order valence-corrected chi connectivity index (χ1v) is 10.3. The van der Waals surface area contributed by atoms with E-state index in [1.54, 1.807) is 66.7 Å². The SMILES string of the molecule is O=C(Nc1ccc(Cl)c(C(F)(F)F)c1)Nc1cccc2ccc(OC(=O)c3ccccc3)cc12. The molecule has 0 atom stereocenters. The number of hydrogen-bond donors (Lipinski definition) is 2. The number of fused-ring (bicyclic) bond motifs is 1. The molecular weight excluding hydrogens is 469 g/mol. The number of amides is 2. The number of esters is 1. The van der Waals surface area contributed by atoms with Crippen molar-refractivity contribution in [3.8, 4) is 5.75 Å². The molecule has 2 amide bonds. The summed E-state index contributed by atoms with van der Waals surface area (Å²) in [5.74, 6) is -0.269. The molecule has 0 saturated carbocycles. The van der Waals surface area contributed by atoms with Crippen LogP contribution in [-0.2, 0) is 6.18 Å². The van der Waals surface area contributed by atoms with Crippen LogP contribution in [0.15, 0.2) is 84.9 Å². The van der Waals surface area contributed by atoms with E-state index < -0.39 is 28.8 Å². The maximum atomic E-state index is 13.1. The molecule has 34 heavy (non-hydrogen) atoms. The highest BCUT2D eigenvalue weighted by molar-refractivity contribution is 6.31. The lowest BCUT2D eigenvalue weighted by Gasteiger charge is -2.13. The zero-order valence-corrected chi connectivity index (χ0v) is 18.1. The van der Waals surface area contributed by atoms with E-state index in [4.69, 9.17) is 16.3 Å². The second-order valence-electron chi connectivity index (χ2n) is 7.22. The highest BCUT2D eigenvalue weighted by Gasteiger charge is 2.33. The lowest BCUT2D eigenvalue weighted by Crippen LogP contribution is -2.20. The van der Waals surface area contributed by atoms with Crippen LogP contribution in [0.3, 0.4) is 0 Å². The van der Waals surface area contributed by atoms with Crippen LogP contribution in [-0.4, -0.2) is 12.0 Å². The summed E-state index contributed by atoms with van der Waals surface area (Å²) >= 11 is 5.62. The van der Waals surface area contributed by atoms with Gasteiger partial charge < -0.3 is 15.4 Å². The Kier molecular flexibility index (Phi) is 6.43. The molecule has 0 bridgehead atoms. The summed E-state index contributed by atoms with van der Waals surface area (Å²) in [6.45, 7) is 0. The number of carbonyl (C=O) groups is 2. The standard InChI is InChI=1S/C25H16ClF3N2O3/c26-21-12-10-17(13-20(21)25(27,28)29)30-24(33)31-22-8-4-7-15-9-11-18(14-19(15)22)34-23(32)16-5-2-1-3-6-16/h1-14H,(H2,30,31,33). The number of halogens is 4. The lowest BCUT2D eigenvalue weighted by atomic mass is 10.1. The van der Waals surface area contributed by atoms with E-state index in [1.807, 2.05) is 0 Å². The lowest BCUT2D eigenvalue weighted by molar-refractivity contribution is -0.137. The number of carbonyl (C=O) groups excluding carboxylic acids is 2. The fraction of sp³-hybridized carbons (Fsp3) is 0.0400. The van der Waals surface area contributed by atoms with Gasteiger partial charge >= 0.3 is 18.2 Å². The van der Waals surface area contributed by atoms with E-state index in [-0.39, 0.29) is 11.4 Å². The van der Waals surface area contributed by atoms with Gasteiger partial charge in [0.05, 0.1) is 21.8 Å². The number of nitrogens with one attached hydrogen (secondary N) is 2. The van der Waals surface area contributed by atoms with Crippen molar-refractivity contribution in [1.29, 1.82) is 0 Å². The van der Waals surface area contributed by atoms with Crippen molar-refractivity contribution in [3.63, 3.8) is 0 Å². The molecule has 172 valence electrons. The highest BCUT2D eigenvalue weighted by Crippen LogP contribution is 2.36. The van der Waals surface area contributed by atoms with Crippen LogP contribution in [0.1, 0.15) is 15.9 Å². The fourth-order valence-corrected chi connectivity index (χ4v) is 3.49. The number of rotatable bonds is 4. The van der Waals surface area contributed by atoms with E-state index in [1.165, 1.54) is 6.07 Å². The molecule has 0 aliphatic rings. The predicted molar refractivity (Wildman–Crippen MR) is 124 cm³/mol. The third-order valence-electron chi connectivity index (χ3n) is 4.85. The molecule has 4 aromatic carbocycles. The third kappa shape index (κ3) is 5.29. The largest absolute Gasteiger partial charge is 0.423 e. The predicted octanol–water partition coefficient (Wildman–Crippen LogP) is 7.38. The molecule has 5 nitrogen and oxygen atoms in total. The van der Waals surface area contributed by atoms with Gasteiger partial charge in [-0.3, -0.25) is 0 Å². The minimum atomic E-state index is -4.66. The van der Waals surface area contributed by atoms with Gasteiger partial charge in [-0.05, 0) is 53.9 Å². The number of alkyl halides is 3. The fourth-order valence-electron chi connectivity index (χ4n) is 3.27. The Morgan fingerprint density at radius 3 is 2.32 bits per heavy atom. The molecule has 0 radical (unpaired) electrons. The average molecular weight is 485 g/mol. The Balaban J connectivity index is 1.54. The van der Waals surface area contributed by atoms with Crippen LogP contribution in [0, 0.1) is 0 Å². The normalized spacial score (nSPS) is 11.2. The van der Waals surface area contributed by atoms with Crippen LogP contribution in [0.4, 0.5) is 29.3 Å². The van der Waals surface area contributed by atoms with E-state index >= 15 is 0 Å². The first-order chi connectivity index (χ1) is 16.2. The summed E-state index contributed by atoms with van der Waals surface area (Å²) in [6.07, 6.45) is -4.66. The van der Waals surface area contributed by atoms with E-state index in [9.17, 15) is 22.8 Å². The van der Waals surface area contributed by atoms with Crippen LogP contribution in [0.5, 0.6) is 5.75 Å². The van der Waals surface area contributed by atoms with Gasteiger partial charge in [-0.1, -0.05) is 48.0 Å². The first-order valence-electron chi connectivity index (χ1n) is 9.95. The van der Waals surface area contributed by atoms with Crippen molar-refractivity contribution in [1.82, 2.24) is 0 Å². The van der Waals surface area contributed by atoms with Crippen molar-refractivity contribution in [2.75, 3.05) is 10.6 Å². The smallest absolute Gasteiger partial charge is 0.417 e. The molecule has 2 N–H and O–H groups in total. The Morgan fingerprint density at radius 2 is 1.59 bits per heavy atom. The third-order valence-corrected chi connectivity index (χ3v) is 5.18. The Morgan fingerprint density at radius 1 is 0.824 bits per heavy atom. The average Bonchev–Trinajstić information content (AvgIpc) is 2.80. The molecule has 0 fully saturated rings. The summed E-state index contributed by atoms with van der Waals surface area (Å²) in [5.41, 5.74) is -0.374. The Hall–Kier alpha value is -4.04. The van der Waals surface area contributed by atoms with Crippen LogP contribution in [0.25, 0.3) is 10.8 Å². The van der Waals surface area contributed by atoms with E-state index in [2.05, 4.69) is 10.6 Å². The number of urea groups is 1. The summed E-state index contributed by atoms with van der Waals surface area (Å²) in [7, 11) is 0. The molecule has 0 aliphatic carbocycles. The summed E-state index contributed by atoms with van der Waals surface area (Å²) < 4.78 is 44.7.